The minimum absolute atomic E-state index is 0.301. The number of urea groups is 1. The van der Waals surface area contributed by atoms with Crippen molar-refractivity contribution >= 4 is 28.2 Å². The second-order valence-corrected chi connectivity index (χ2v) is 8.00. The van der Waals surface area contributed by atoms with Crippen molar-refractivity contribution in [1.29, 1.82) is 0 Å². The predicted molar refractivity (Wildman–Crippen MR) is 112 cm³/mol. The zero-order chi connectivity index (χ0) is 20.1. The summed E-state index contributed by atoms with van der Waals surface area (Å²) in [4.78, 5) is 19.0. The Hall–Kier alpha value is -2.16. The third-order valence-corrected chi connectivity index (χ3v) is 5.23. The van der Waals surface area contributed by atoms with Crippen molar-refractivity contribution in [1.82, 2.24) is 15.2 Å². The highest BCUT2D eigenvalue weighted by Gasteiger charge is 2.18. The monoisotopic (exact) mass is 391 g/mol. The third kappa shape index (κ3) is 5.92. The number of aliphatic hydroxyl groups is 1. The molecule has 27 heavy (non-hydrogen) atoms. The summed E-state index contributed by atoms with van der Waals surface area (Å²) in [7, 11) is 3.89. The third-order valence-electron chi connectivity index (χ3n) is 4.10. The van der Waals surface area contributed by atoms with Gasteiger partial charge in [-0.2, -0.15) is 0 Å². The number of likely N-dealkylation sites (N-methyl/N-ethyl adjacent to an activating group) is 1. The molecule has 2 amide bonds. The molecule has 8 heteroatoms. The van der Waals surface area contributed by atoms with Gasteiger partial charge < -0.3 is 20.6 Å². The van der Waals surface area contributed by atoms with Gasteiger partial charge in [-0.15, -0.1) is 0 Å². The summed E-state index contributed by atoms with van der Waals surface area (Å²) < 4.78 is 0. The Balaban J connectivity index is 2.04. The molecule has 2 aromatic rings. The smallest absolute Gasteiger partial charge is 0.321 e. The molecular weight excluding hydrogens is 362 g/mol. The molecule has 0 aliphatic rings. The van der Waals surface area contributed by atoms with Crippen LogP contribution in [0.3, 0.4) is 0 Å². The number of rotatable bonds is 7. The highest BCUT2D eigenvalue weighted by atomic mass is 32.1. The number of nitrogens with zero attached hydrogens (tertiary/aromatic N) is 2. The van der Waals surface area contributed by atoms with Crippen LogP contribution in [0, 0.1) is 27.7 Å². The first kappa shape index (κ1) is 21.1. The van der Waals surface area contributed by atoms with Crippen molar-refractivity contribution in [3.63, 3.8) is 0 Å². The lowest BCUT2D eigenvalue weighted by Gasteiger charge is -2.18. The number of nitrogens with one attached hydrogen (secondary N) is 3. The summed E-state index contributed by atoms with van der Waals surface area (Å²) in [6, 6.07) is 3.85. The van der Waals surface area contributed by atoms with E-state index in [-0.39, 0.29) is 6.03 Å². The molecule has 0 saturated carbocycles. The SMILES string of the molecule is Cc1cc(C)c(N[C@@H](O)c2sc(NC(=O)NCCN(C)C)nc2C)c(C)c1. The molecule has 1 atom stereocenters. The van der Waals surface area contributed by atoms with Gasteiger partial charge in [0.1, 0.15) is 0 Å². The van der Waals surface area contributed by atoms with Crippen molar-refractivity contribution < 1.29 is 9.90 Å². The Bertz CT molecular complexity index is 780. The Kier molecular flexibility index (Phi) is 7.18. The van der Waals surface area contributed by atoms with Crippen molar-refractivity contribution in [3.05, 3.63) is 39.4 Å². The predicted octanol–water partition coefficient (Wildman–Crippen LogP) is 3.16. The van der Waals surface area contributed by atoms with Crippen molar-refractivity contribution in [2.45, 2.75) is 33.9 Å². The number of benzene rings is 1. The summed E-state index contributed by atoms with van der Waals surface area (Å²) in [6.07, 6.45) is -0.894. The molecule has 0 spiro atoms. The molecule has 0 bridgehead atoms. The quantitative estimate of drug-likeness (QED) is 0.545. The molecule has 0 aliphatic carbocycles. The second-order valence-electron chi connectivity index (χ2n) is 6.97. The van der Waals surface area contributed by atoms with Crippen molar-refractivity contribution in [2.75, 3.05) is 37.8 Å². The molecule has 4 N–H and O–H groups in total. The molecule has 148 valence electrons. The molecule has 7 nitrogen and oxygen atoms in total. The van der Waals surface area contributed by atoms with Gasteiger partial charge >= 0.3 is 6.03 Å². The molecule has 0 unspecified atom stereocenters. The first-order chi connectivity index (χ1) is 12.7. The molecule has 0 fully saturated rings. The van der Waals surface area contributed by atoms with E-state index >= 15 is 0 Å². The number of thiazole rings is 1. The number of aromatic nitrogens is 1. The molecule has 0 radical (unpaired) electrons. The molecule has 1 aromatic heterocycles. The Labute approximate surface area is 164 Å². The van der Waals surface area contributed by atoms with Crippen LogP contribution in [0.25, 0.3) is 0 Å². The molecule has 1 aromatic carbocycles. The minimum Gasteiger partial charge on any atom is -0.369 e. The molecule has 1 heterocycles. The lowest BCUT2D eigenvalue weighted by molar-refractivity contribution is 0.211. The standard InChI is InChI=1S/C19H29N5O2S/c1-11-9-12(2)15(13(3)10-11)22-17(25)16-14(4)21-19(27-16)23-18(26)20-7-8-24(5)6/h9-10,17,22,25H,7-8H2,1-6H3,(H2,20,21,23,26)/t17-/m0/s1. The van der Waals surface area contributed by atoms with Crippen LogP contribution >= 0.6 is 11.3 Å². The normalized spacial score (nSPS) is 12.1. The number of hydrogen-bond donors (Lipinski definition) is 4. The lowest BCUT2D eigenvalue weighted by Crippen LogP contribution is -2.34. The maximum Gasteiger partial charge on any atom is 0.321 e. The Morgan fingerprint density at radius 1 is 1.22 bits per heavy atom. The largest absolute Gasteiger partial charge is 0.369 e. The van der Waals surface area contributed by atoms with Crippen LogP contribution in [0.5, 0.6) is 0 Å². The van der Waals surface area contributed by atoms with Gasteiger partial charge in [-0.1, -0.05) is 29.0 Å². The maximum atomic E-state index is 11.9. The number of hydrogen-bond acceptors (Lipinski definition) is 6. The first-order valence-electron chi connectivity index (χ1n) is 8.86. The van der Waals surface area contributed by atoms with E-state index < -0.39 is 6.23 Å². The summed E-state index contributed by atoms with van der Waals surface area (Å²) >= 11 is 1.26. The van der Waals surface area contributed by atoms with E-state index in [1.807, 2.05) is 39.8 Å². The topological polar surface area (TPSA) is 89.5 Å². The van der Waals surface area contributed by atoms with Gasteiger partial charge in [-0.3, -0.25) is 5.32 Å². The highest BCUT2D eigenvalue weighted by Crippen LogP contribution is 2.31. The number of aliphatic hydroxyl groups excluding tert-OH is 1. The maximum absolute atomic E-state index is 11.9. The van der Waals surface area contributed by atoms with Crippen LogP contribution in [-0.2, 0) is 0 Å². The van der Waals surface area contributed by atoms with Crippen LogP contribution in [0.15, 0.2) is 12.1 Å². The van der Waals surface area contributed by atoms with Crippen molar-refractivity contribution in [2.24, 2.45) is 0 Å². The fourth-order valence-electron chi connectivity index (χ4n) is 2.86. The second kappa shape index (κ2) is 9.16. The minimum atomic E-state index is -0.894. The molecule has 0 saturated heterocycles. The van der Waals surface area contributed by atoms with E-state index in [1.54, 1.807) is 0 Å². The average Bonchev–Trinajstić information content (AvgIpc) is 2.90. The summed E-state index contributed by atoms with van der Waals surface area (Å²) in [6.45, 7) is 9.20. The number of aryl methyl sites for hydroxylation is 4. The Morgan fingerprint density at radius 2 is 1.85 bits per heavy atom. The number of anilines is 2. The average molecular weight is 392 g/mol. The van der Waals surface area contributed by atoms with Crippen molar-refractivity contribution in [3.8, 4) is 0 Å². The Morgan fingerprint density at radius 3 is 2.44 bits per heavy atom. The molecule has 0 aliphatic heterocycles. The molecular formula is C19H29N5O2S. The summed E-state index contributed by atoms with van der Waals surface area (Å²) in [5, 5.41) is 19.8. The van der Waals surface area contributed by atoms with E-state index in [0.717, 1.165) is 23.4 Å². The van der Waals surface area contributed by atoms with E-state index in [4.69, 9.17) is 0 Å². The van der Waals surface area contributed by atoms with E-state index in [2.05, 4.69) is 40.0 Å². The van der Waals surface area contributed by atoms with Gasteiger partial charge in [-0.25, -0.2) is 9.78 Å². The van der Waals surface area contributed by atoms with Gasteiger partial charge in [0.2, 0.25) is 0 Å². The fourth-order valence-corrected chi connectivity index (χ4v) is 3.76. The number of amides is 2. The zero-order valence-corrected chi connectivity index (χ0v) is 17.6. The first-order valence-corrected chi connectivity index (χ1v) is 9.68. The highest BCUT2D eigenvalue weighted by molar-refractivity contribution is 7.16. The van der Waals surface area contributed by atoms with E-state index in [0.29, 0.717) is 22.2 Å². The summed E-state index contributed by atoms with van der Waals surface area (Å²) in [5.74, 6) is 0. The number of carbonyl (C=O) groups is 1. The van der Waals surface area contributed by atoms with Gasteiger partial charge in [-0.05, 0) is 52.9 Å². The molecule has 2 rings (SSSR count). The van der Waals surface area contributed by atoms with Crippen LogP contribution < -0.4 is 16.0 Å². The van der Waals surface area contributed by atoms with Crippen LogP contribution in [0.4, 0.5) is 15.6 Å². The van der Waals surface area contributed by atoms with Gasteiger partial charge in [0.05, 0.1) is 10.6 Å². The van der Waals surface area contributed by atoms with Crippen LogP contribution in [0.1, 0.15) is 33.5 Å². The fraction of sp³-hybridized carbons (Fsp3) is 0.474. The van der Waals surface area contributed by atoms with Gasteiger partial charge in [0.15, 0.2) is 11.4 Å². The van der Waals surface area contributed by atoms with Gasteiger partial charge in [0, 0.05) is 18.8 Å². The summed E-state index contributed by atoms with van der Waals surface area (Å²) in [5.41, 5.74) is 4.94. The lowest BCUT2D eigenvalue weighted by atomic mass is 10.0. The van der Waals surface area contributed by atoms with E-state index in [9.17, 15) is 9.90 Å². The van der Waals surface area contributed by atoms with Gasteiger partial charge in [0.25, 0.3) is 0 Å². The van der Waals surface area contributed by atoms with Crippen LogP contribution in [-0.4, -0.2) is 48.2 Å². The zero-order valence-electron chi connectivity index (χ0n) is 16.8. The number of carbonyl (C=O) groups excluding carboxylic acids is 1. The van der Waals surface area contributed by atoms with Crippen LogP contribution in [0.2, 0.25) is 0 Å². The van der Waals surface area contributed by atoms with E-state index in [1.165, 1.54) is 16.9 Å².